The summed E-state index contributed by atoms with van der Waals surface area (Å²) in [5.74, 6) is 1.93. The molecule has 0 aliphatic heterocycles. The number of nitrogens with zero attached hydrogens (tertiary/aromatic N) is 3. The number of amides is 1. The summed E-state index contributed by atoms with van der Waals surface area (Å²) in [4.78, 5) is 12.4. The van der Waals surface area contributed by atoms with Crippen molar-refractivity contribution in [1.82, 2.24) is 20.1 Å². The highest BCUT2D eigenvalue weighted by molar-refractivity contribution is 7.98. The lowest BCUT2D eigenvalue weighted by atomic mass is 10.1. The molecule has 0 radical (unpaired) electrons. The number of hydrogen-bond donors (Lipinski definition) is 1. The molecule has 0 bridgehead atoms. The lowest BCUT2D eigenvalue weighted by Gasteiger charge is -2.13. The fraction of sp³-hybridized carbons (Fsp3) is 0.107. The van der Waals surface area contributed by atoms with Crippen LogP contribution in [0.25, 0.3) is 17.1 Å². The van der Waals surface area contributed by atoms with E-state index in [-0.39, 0.29) is 5.91 Å². The summed E-state index contributed by atoms with van der Waals surface area (Å²) in [5.41, 5.74) is 4.60. The Labute approximate surface area is 218 Å². The molecule has 0 aliphatic carbocycles. The van der Waals surface area contributed by atoms with Crippen LogP contribution in [-0.2, 0) is 12.3 Å². The third-order valence-corrected chi connectivity index (χ3v) is 7.02. The molecule has 0 spiro atoms. The Kier molecular flexibility index (Phi) is 7.21. The van der Waals surface area contributed by atoms with Crippen molar-refractivity contribution in [3.05, 3.63) is 119 Å². The van der Waals surface area contributed by atoms with Crippen molar-refractivity contribution in [2.24, 2.45) is 0 Å². The first kappa shape index (κ1) is 23.9. The number of thioether (sulfide) groups is 1. The second kappa shape index (κ2) is 10.8. The van der Waals surface area contributed by atoms with Gasteiger partial charge in [0.2, 0.25) is 0 Å². The van der Waals surface area contributed by atoms with Crippen molar-refractivity contribution in [3.8, 4) is 17.1 Å². The zero-order valence-electron chi connectivity index (χ0n) is 19.5. The zero-order chi connectivity index (χ0) is 24.9. The first-order chi connectivity index (χ1) is 17.6. The molecule has 1 amide bonds. The number of furan rings is 1. The van der Waals surface area contributed by atoms with Crippen molar-refractivity contribution in [1.29, 1.82) is 0 Å². The summed E-state index contributed by atoms with van der Waals surface area (Å²) in [6.45, 7) is 2.42. The lowest BCUT2D eigenvalue weighted by Crippen LogP contribution is -2.22. The van der Waals surface area contributed by atoms with E-state index in [0.29, 0.717) is 34.5 Å². The first-order valence-corrected chi connectivity index (χ1v) is 12.7. The van der Waals surface area contributed by atoms with Crippen LogP contribution in [0, 0.1) is 6.92 Å². The summed E-state index contributed by atoms with van der Waals surface area (Å²) >= 11 is 8.09. The average Bonchev–Trinajstić information content (AvgIpc) is 3.57. The summed E-state index contributed by atoms with van der Waals surface area (Å²) in [6, 6.07) is 27.0. The Hall–Kier alpha value is -3.81. The highest BCUT2D eigenvalue weighted by Crippen LogP contribution is 2.33. The van der Waals surface area contributed by atoms with Crippen molar-refractivity contribution in [3.63, 3.8) is 0 Å². The fourth-order valence-electron chi connectivity index (χ4n) is 3.79. The molecule has 8 heteroatoms. The predicted octanol–water partition coefficient (Wildman–Crippen LogP) is 6.71. The van der Waals surface area contributed by atoms with Crippen molar-refractivity contribution in [2.75, 3.05) is 0 Å². The van der Waals surface area contributed by atoms with E-state index in [0.717, 1.165) is 27.5 Å². The number of hydrogen-bond acceptors (Lipinski definition) is 5. The van der Waals surface area contributed by atoms with Crippen LogP contribution in [0.5, 0.6) is 0 Å². The van der Waals surface area contributed by atoms with Gasteiger partial charge in [0.25, 0.3) is 5.91 Å². The topological polar surface area (TPSA) is 73.0 Å². The average molecular weight is 515 g/mol. The van der Waals surface area contributed by atoms with Crippen LogP contribution in [0.3, 0.4) is 0 Å². The van der Waals surface area contributed by atoms with E-state index in [4.69, 9.17) is 16.0 Å². The van der Waals surface area contributed by atoms with Crippen LogP contribution in [0.4, 0.5) is 0 Å². The van der Waals surface area contributed by atoms with Gasteiger partial charge in [-0.2, -0.15) is 0 Å². The number of rotatable bonds is 8. The summed E-state index contributed by atoms with van der Waals surface area (Å²) in [6.07, 6.45) is 1.59. The number of halogens is 1. The maximum Gasteiger partial charge on any atom is 0.251 e. The van der Waals surface area contributed by atoms with Crippen LogP contribution >= 0.6 is 23.4 Å². The van der Waals surface area contributed by atoms with E-state index in [2.05, 4.69) is 39.1 Å². The number of nitrogens with one attached hydrogen (secondary N) is 1. The van der Waals surface area contributed by atoms with Gasteiger partial charge in [0, 0.05) is 16.9 Å². The molecule has 0 saturated carbocycles. The number of para-hydroxylation sites is 1. The molecular weight excluding hydrogens is 492 g/mol. The fourth-order valence-corrected chi connectivity index (χ4v) is 4.92. The van der Waals surface area contributed by atoms with E-state index < -0.39 is 0 Å². The van der Waals surface area contributed by atoms with Crippen LogP contribution in [0.2, 0.25) is 5.02 Å². The molecule has 1 N–H and O–H groups in total. The van der Waals surface area contributed by atoms with Gasteiger partial charge in [0.1, 0.15) is 5.76 Å². The molecule has 36 heavy (non-hydrogen) atoms. The minimum absolute atomic E-state index is 0.144. The molecule has 5 rings (SSSR count). The number of carbonyl (C=O) groups is 1. The number of carbonyl (C=O) groups excluding carboxylic acids is 1. The maximum absolute atomic E-state index is 12.4. The van der Waals surface area contributed by atoms with E-state index in [9.17, 15) is 4.79 Å². The molecule has 0 fully saturated rings. The molecule has 0 atom stereocenters. The Bertz CT molecular complexity index is 1480. The van der Waals surface area contributed by atoms with Crippen molar-refractivity contribution < 1.29 is 9.21 Å². The highest BCUT2D eigenvalue weighted by atomic mass is 35.5. The van der Waals surface area contributed by atoms with Gasteiger partial charge < -0.3 is 9.73 Å². The minimum Gasteiger partial charge on any atom is -0.467 e. The second-order valence-corrected chi connectivity index (χ2v) is 9.51. The van der Waals surface area contributed by atoms with Gasteiger partial charge in [-0.15, -0.1) is 10.2 Å². The molecule has 2 aromatic heterocycles. The number of aryl methyl sites for hydroxylation is 1. The predicted molar refractivity (Wildman–Crippen MR) is 142 cm³/mol. The quantitative estimate of drug-likeness (QED) is 0.233. The van der Waals surface area contributed by atoms with Gasteiger partial charge in [-0.3, -0.25) is 9.36 Å². The van der Waals surface area contributed by atoms with Crippen LogP contribution in [0.1, 0.15) is 27.2 Å². The van der Waals surface area contributed by atoms with Gasteiger partial charge in [-0.05, 0) is 60.5 Å². The van der Waals surface area contributed by atoms with Crippen molar-refractivity contribution >= 4 is 29.3 Å². The van der Waals surface area contributed by atoms with Crippen LogP contribution in [-0.4, -0.2) is 20.7 Å². The normalized spacial score (nSPS) is 10.9. The van der Waals surface area contributed by atoms with E-state index in [1.54, 1.807) is 24.1 Å². The molecule has 2 heterocycles. The molecule has 3 aromatic carbocycles. The van der Waals surface area contributed by atoms with Crippen LogP contribution < -0.4 is 5.32 Å². The van der Waals surface area contributed by atoms with Crippen LogP contribution in [0.15, 0.2) is 101 Å². The van der Waals surface area contributed by atoms with Gasteiger partial charge in [-0.25, -0.2) is 0 Å². The van der Waals surface area contributed by atoms with Gasteiger partial charge >= 0.3 is 0 Å². The number of benzene rings is 3. The standard InChI is InChI=1S/C28H23ClN4O2S/c1-19-7-2-5-11-25(19)33-26(23-9-3-4-10-24(23)29)31-32-28(33)36-18-20-12-14-21(15-13-20)27(34)30-17-22-8-6-16-35-22/h2-16H,17-18H2,1H3,(H,30,34). The summed E-state index contributed by atoms with van der Waals surface area (Å²) in [5, 5.41) is 13.3. The third kappa shape index (κ3) is 5.22. The highest BCUT2D eigenvalue weighted by Gasteiger charge is 2.19. The Morgan fingerprint density at radius 2 is 1.75 bits per heavy atom. The maximum atomic E-state index is 12.4. The molecule has 180 valence electrons. The number of aromatic nitrogens is 3. The molecule has 0 unspecified atom stereocenters. The Morgan fingerprint density at radius 3 is 2.50 bits per heavy atom. The zero-order valence-corrected chi connectivity index (χ0v) is 21.1. The first-order valence-electron chi connectivity index (χ1n) is 11.4. The molecule has 6 nitrogen and oxygen atoms in total. The molecule has 0 saturated heterocycles. The summed E-state index contributed by atoms with van der Waals surface area (Å²) < 4.78 is 7.31. The SMILES string of the molecule is Cc1ccccc1-n1c(SCc2ccc(C(=O)NCc3ccco3)cc2)nnc1-c1ccccc1Cl. The van der Waals surface area contributed by atoms with Gasteiger partial charge in [0.15, 0.2) is 11.0 Å². The molecule has 0 aliphatic rings. The minimum atomic E-state index is -0.144. The van der Waals surface area contributed by atoms with Crippen molar-refractivity contribution in [2.45, 2.75) is 24.4 Å². The van der Waals surface area contributed by atoms with Gasteiger partial charge in [-0.1, -0.05) is 65.8 Å². The van der Waals surface area contributed by atoms with E-state index >= 15 is 0 Å². The molecule has 5 aromatic rings. The monoisotopic (exact) mass is 514 g/mol. The van der Waals surface area contributed by atoms with E-state index in [1.165, 1.54) is 0 Å². The van der Waals surface area contributed by atoms with E-state index in [1.807, 2.05) is 66.7 Å². The third-order valence-electron chi connectivity index (χ3n) is 5.69. The Morgan fingerprint density at radius 1 is 0.972 bits per heavy atom. The smallest absolute Gasteiger partial charge is 0.251 e. The summed E-state index contributed by atoms with van der Waals surface area (Å²) in [7, 11) is 0. The second-order valence-electron chi connectivity index (χ2n) is 8.16. The molecular formula is C28H23ClN4O2S. The van der Waals surface area contributed by atoms with Gasteiger partial charge in [0.05, 0.1) is 23.5 Å². The Balaban J connectivity index is 1.35. The lowest BCUT2D eigenvalue weighted by molar-refractivity contribution is 0.0948. The largest absolute Gasteiger partial charge is 0.467 e.